The van der Waals surface area contributed by atoms with Crippen molar-refractivity contribution < 1.29 is 9.84 Å². The molecular weight excluding hydrogens is 200 g/mol. The van der Waals surface area contributed by atoms with Crippen LogP contribution in [0.15, 0.2) is 24.3 Å². The SMILES string of the molecule is CC(C)Oc1ccc(C(C)(C)CCO)cc1. The lowest BCUT2D eigenvalue weighted by atomic mass is 9.82. The number of aliphatic hydroxyl groups is 1. The zero-order chi connectivity index (χ0) is 12.2. The molecular formula is C14H22O2. The Morgan fingerprint density at radius 2 is 1.75 bits per heavy atom. The quantitative estimate of drug-likeness (QED) is 0.829. The fraction of sp³-hybridized carbons (Fsp3) is 0.571. The van der Waals surface area contributed by atoms with Gasteiger partial charge in [0.2, 0.25) is 0 Å². The monoisotopic (exact) mass is 222 g/mol. The molecule has 2 nitrogen and oxygen atoms in total. The summed E-state index contributed by atoms with van der Waals surface area (Å²) >= 11 is 0. The van der Waals surface area contributed by atoms with Crippen LogP contribution in [-0.2, 0) is 5.41 Å². The maximum atomic E-state index is 9.01. The Labute approximate surface area is 98.3 Å². The lowest BCUT2D eigenvalue weighted by Crippen LogP contribution is -2.18. The van der Waals surface area contributed by atoms with E-state index in [1.807, 2.05) is 26.0 Å². The molecule has 0 spiro atoms. The first-order valence-electron chi connectivity index (χ1n) is 5.84. The first-order chi connectivity index (χ1) is 7.45. The molecule has 0 bridgehead atoms. The van der Waals surface area contributed by atoms with Gasteiger partial charge in [0.15, 0.2) is 0 Å². The van der Waals surface area contributed by atoms with Gasteiger partial charge in [0.25, 0.3) is 0 Å². The summed E-state index contributed by atoms with van der Waals surface area (Å²) in [4.78, 5) is 0. The van der Waals surface area contributed by atoms with Crippen molar-refractivity contribution in [3.05, 3.63) is 29.8 Å². The number of ether oxygens (including phenoxy) is 1. The van der Waals surface area contributed by atoms with Gasteiger partial charge >= 0.3 is 0 Å². The van der Waals surface area contributed by atoms with Crippen LogP contribution < -0.4 is 4.74 Å². The summed E-state index contributed by atoms with van der Waals surface area (Å²) in [7, 11) is 0. The smallest absolute Gasteiger partial charge is 0.119 e. The van der Waals surface area contributed by atoms with E-state index in [9.17, 15) is 0 Å². The van der Waals surface area contributed by atoms with E-state index in [1.54, 1.807) is 0 Å². The van der Waals surface area contributed by atoms with Gasteiger partial charge in [0, 0.05) is 6.61 Å². The summed E-state index contributed by atoms with van der Waals surface area (Å²) in [5.74, 6) is 0.901. The van der Waals surface area contributed by atoms with Crippen molar-refractivity contribution >= 4 is 0 Å². The Hall–Kier alpha value is -1.02. The van der Waals surface area contributed by atoms with E-state index in [4.69, 9.17) is 9.84 Å². The Kier molecular flexibility index (Phi) is 4.36. The van der Waals surface area contributed by atoms with Gasteiger partial charge in [-0.3, -0.25) is 0 Å². The summed E-state index contributed by atoms with van der Waals surface area (Å²) in [6, 6.07) is 8.14. The highest BCUT2D eigenvalue weighted by atomic mass is 16.5. The van der Waals surface area contributed by atoms with E-state index in [-0.39, 0.29) is 18.1 Å². The average Bonchev–Trinajstić information content (AvgIpc) is 2.17. The molecule has 0 saturated heterocycles. The molecule has 0 radical (unpaired) electrons. The minimum atomic E-state index is 0.0190. The summed E-state index contributed by atoms with van der Waals surface area (Å²) in [5.41, 5.74) is 1.25. The van der Waals surface area contributed by atoms with Crippen LogP contribution >= 0.6 is 0 Å². The first-order valence-corrected chi connectivity index (χ1v) is 5.84. The van der Waals surface area contributed by atoms with Gasteiger partial charge in [-0.15, -0.1) is 0 Å². The van der Waals surface area contributed by atoms with Gasteiger partial charge in [-0.1, -0.05) is 26.0 Å². The van der Waals surface area contributed by atoms with Crippen molar-refractivity contribution in [2.75, 3.05) is 6.61 Å². The molecule has 0 atom stereocenters. The molecule has 1 aromatic rings. The number of hydrogen-bond donors (Lipinski definition) is 1. The fourth-order valence-electron chi connectivity index (χ4n) is 1.68. The lowest BCUT2D eigenvalue weighted by Gasteiger charge is -2.24. The van der Waals surface area contributed by atoms with Crippen LogP contribution in [0.25, 0.3) is 0 Å². The normalized spacial score (nSPS) is 11.9. The van der Waals surface area contributed by atoms with Crippen LogP contribution in [-0.4, -0.2) is 17.8 Å². The number of aliphatic hydroxyl groups excluding tert-OH is 1. The second-order valence-corrected chi connectivity index (χ2v) is 5.05. The standard InChI is InChI=1S/C14H22O2/c1-11(2)16-13-7-5-12(6-8-13)14(3,4)9-10-15/h5-8,11,15H,9-10H2,1-4H3. The third-order valence-corrected chi connectivity index (χ3v) is 2.74. The molecule has 0 amide bonds. The summed E-state index contributed by atoms with van der Waals surface area (Å²) in [6.45, 7) is 8.54. The molecule has 0 aliphatic heterocycles. The van der Waals surface area contributed by atoms with Gasteiger partial charge < -0.3 is 9.84 Å². The lowest BCUT2D eigenvalue weighted by molar-refractivity contribution is 0.241. The van der Waals surface area contributed by atoms with Gasteiger partial charge in [0.05, 0.1) is 6.10 Å². The van der Waals surface area contributed by atoms with Crippen LogP contribution in [0.3, 0.4) is 0 Å². The van der Waals surface area contributed by atoms with Crippen LogP contribution in [0.5, 0.6) is 5.75 Å². The molecule has 1 rings (SSSR count). The molecule has 90 valence electrons. The van der Waals surface area contributed by atoms with Gasteiger partial charge in [0.1, 0.15) is 5.75 Å². The zero-order valence-corrected chi connectivity index (χ0v) is 10.7. The summed E-state index contributed by atoms with van der Waals surface area (Å²) in [6.07, 6.45) is 0.980. The third kappa shape index (κ3) is 3.53. The predicted molar refractivity (Wildman–Crippen MR) is 66.9 cm³/mol. The number of benzene rings is 1. The molecule has 2 heteroatoms. The largest absolute Gasteiger partial charge is 0.491 e. The Bertz CT molecular complexity index is 312. The van der Waals surface area contributed by atoms with Crippen LogP contribution in [0, 0.1) is 0 Å². The molecule has 1 N–H and O–H groups in total. The van der Waals surface area contributed by atoms with Crippen LogP contribution in [0.1, 0.15) is 39.7 Å². The minimum Gasteiger partial charge on any atom is -0.491 e. The highest BCUT2D eigenvalue weighted by molar-refractivity contribution is 5.31. The van der Waals surface area contributed by atoms with E-state index >= 15 is 0 Å². The fourth-order valence-corrected chi connectivity index (χ4v) is 1.68. The highest BCUT2D eigenvalue weighted by Crippen LogP contribution is 2.28. The van der Waals surface area contributed by atoms with Gasteiger partial charge in [-0.25, -0.2) is 0 Å². The molecule has 0 heterocycles. The minimum absolute atomic E-state index is 0.0190. The summed E-state index contributed by atoms with van der Waals surface area (Å²) < 4.78 is 5.59. The number of hydrogen-bond acceptors (Lipinski definition) is 2. The van der Waals surface area contributed by atoms with Crippen molar-refractivity contribution in [3.63, 3.8) is 0 Å². The predicted octanol–water partition coefficient (Wildman–Crippen LogP) is 3.13. The van der Waals surface area contributed by atoms with Crippen molar-refractivity contribution in [2.24, 2.45) is 0 Å². The third-order valence-electron chi connectivity index (χ3n) is 2.74. The highest BCUT2D eigenvalue weighted by Gasteiger charge is 2.19. The van der Waals surface area contributed by atoms with Crippen molar-refractivity contribution in [2.45, 2.75) is 45.6 Å². The zero-order valence-electron chi connectivity index (χ0n) is 10.7. The molecule has 0 fully saturated rings. The molecule has 0 aromatic heterocycles. The van der Waals surface area contributed by atoms with Crippen molar-refractivity contribution in [1.82, 2.24) is 0 Å². The Morgan fingerprint density at radius 3 is 2.19 bits per heavy atom. The maximum absolute atomic E-state index is 9.01. The van der Waals surface area contributed by atoms with Crippen molar-refractivity contribution in [3.8, 4) is 5.75 Å². The van der Waals surface area contributed by atoms with E-state index in [2.05, 4.69) is 26.0 Å². The van der Waals surface area contributed by atoms with E-state index in [1.165, 1.54) is 5.56 Å². The topological polar surface area (TPSA) is 29.5 Å². The second-order valence-electron chi connectivity index (χ2n) is 5.05. The Balaban J connectivity index is 2.78. The van der Waals surface area contributed by atoms with Gasteiger partial charge in [-0.2, -0.15) is 0 Å². The van der Waals surface area contributed by atoms with Gasteiger partial charge in [-0.05, 0) is 43.4 Å². The maximum Gasteiger partial charge on any atom is 0.119 e. The van der Waals surface area contributed by atoms with Crippen LogP contribution in [0.4, 0.5) is 0 Å². The summed E-state index contributed by atoms with van der Waals surface area (Å²) in [5, 5.41) is 9.01. The molecule has 0 saturated carbocycles. The Morgan fingerprint density at radius 1 is 1.19 bits per heavy atom. The second kappa shape index (κ2) is 5.35. The van der Waals surface area contributed by atoms with E-state index in [0.29, 0.717) is 0 Å². The molecule has 16 heavy (non-hydrogen) atoms. The molecule has 0 aliphatic carbocycles. The van der Waals surface area contributed by atoms with Crippen LogP contribution in [0.2, 0.25) is 0 Å². The first kappa shape index (κ1) is 13.0. The van der Waals surface area contributed by atoms with E-state index < -0.39 is 0 Å². The average molecular weight is 222 g/mol. The molecule has 0 aliphatic rings. The van der Waals surface area contributed by atoms with E-state index in [0.717, 1.165) is 12.2 Å². The molecule has 1 aromatic carbocycles. The molecule has 0 unspecified atom stereocenters. The van der Waals surface area contributed by atoms with Crippen molar-refractivity contribution in [1.29, 1.82) is 0 Å². The number of rotatable bonds is 5.